The zero-order valence-electron chi connectivity index (χ0n) is 11.7. The molecule has 0 aliphatic rings. The second-order valence-corrected chi connectivity index (χ2v) is 5.23. The van der Waals surface area contributed by atoms with Gasteiger partial charge >= 0.3 is 12.1 Å². The SMILES string of the molecule is CCC(CNC(=O)OC(C)(C)C)(COC)C(=O)O. The molecule has 0 aromatic heterocycles. The highest BCUT2D eigenvalue weighted by atomic mass is 16.6. The van der Waals surface area contributed by atoms with Crippen molar-refractivity contribution in [2.45, 2.75) is 39.7 Å². The molecule has 0 fully saturated rings. The van der Waals surface area contributed by atoms with Gasteiger partial charge in [-0.3, -0.25) is 4.79 Å². The molecule has 0 bridgehead atoms. The number of rotatable bonds is 6. The molecule has 18 heavy (non-hydrogen) atoms. The first-order valence-corrected chi connectivity index (χ1v) is 5.86. The van der Waals surface area contributed by atoms with Crippen LogP contribution in [0.1, 0.15) is 34.1 Å². The summed E-state index contributed by atoms with van der Waals surface area (Å²) in [5.74, 6) is -0.997. The molecule has 0 aromatic rings. The molecule has 0 saturated heterocycles. The first kappa shape index (κ1) is 16.7. The number of amides is 1. The minimum Gasteiger partial charge on any atom is -0.481 e. The van der Waals surface area contributed by atoms with Crippen LogP contribution < -0.4 is 5.32 Å². The second kappa shape index (κ2) is 6.58. The van der Waals surface area contributed by atoms with Gasteiger partial charge in [0.25, 0.3) is 0 Å². The first-order chi connectivity index (χ1) is 8.17. The Morgan fingerprint density at radius 3 is 2.17 bits per heavy atom. The van der Waals surface area contributed by atoms with Gasteiger partial charge in [-0.1, -0.05) is 6.92 Å². The largest absolute Gasteiger partial charge is 0.481 e. The Hall–Kier alpha value is -1.30. The number of carbonyl (C=O) groups excluding carboxylic acids is 1. The van der Waals surface area contributed by atoms with E-state index in [9.17, 15) is 14.7 Å². The van der Waals surface area contributed by atoms with Gasteiger partial charge in [-0.25, -0.2) is 4.79 Å². The van der Waals surface area contributed by atoms with Crippen molar-refractivity contribution in [2.24, 2.45) is 5.41 Å². The Labute approximate surface area is 108 Å². The Bertz CT molecular complexity index is 297. The van der Waals surface area contributed by atoms with Gasteiger partial charge < -0.3 is 19.9 Å². The van der Waals surface area contributed by atoms with Crippen LogP contribution in [0, 0.1) is 5.41 Å². The second-order valence-electron chi connectivity index (χ2n) is 5.23. The van der Waals surface area contributed by atoms with Crippen molar-refractivity contribution >= 4 is 12.1 Å². The number of methoxy groups -OCH3 is 1. The third-order valence-electron chi connectivity index (χ3n) is 2.52. The molecular weight excluding hydrogens is 238 g/mol. The summed E-state index contributed by atoms with van der Waals surface area (Å²) in [4.78, 5) is 22.7. The lowest BCUT2D eigenvalue weighted by Crippen LogP contribution is -2.46. The summed E-state index contributed by atoms with van der Waals surface area (Å²) < 4.78 is 9.97. The summed E-state index contributed by atoms with van der Waals surface area (Å²) >= 11 is 0. The quantitative estimate of drug-likeness (QED) is 0.759. The van der Waals surface area contributed by atoms with E-state index in [1.807, 2.05) is 0 Å². The lowest BCUT2D eigenvalue weighted by atomic mass is 9.86. The molecule has 0 radical (unpaired) electrons. The number of carbonyl (C=O) groups is 2. The molecule has 0 aromatic carbocycles. The van der Waals surface area contributed by atoms with Gasteiger partial charge in [0.2, 0.25) is 0 Å². The normalized spacial score (nSPS) is 14.7. The van der Waals surface area contributed by atoms with E-state index in [1.165, 1.54) is 7.11 Å². The molecule has 6 nitrogen and oxygen atoms in total. The molecule has 1 unspecified atom stereocenters. The highest BCUT2D eigenvalue weighted by Gasteiger charge is 2.37. The average Bonchev–Trinajstić information content (AvgIpc) is 2.21. The van der Waals surface area contributed by atoms with Gasteiger partial charge in [0.05, 0.1) is 6.61 Å². The summed E-state index contributed by atoms with van der Waals surface area (Å²) in [5.41, 5.74) is -1.73. The van der Waals surface area contributed by atoms with Gasteiger partial charge in [-0.15, -0.1) is 0 Å². The van der Waals surface area contributed by atoms with Crippen LogP contribution in [-0.4, -0.2) is 43.0 Å². The van der Waals surface area contributed by atoms with E-state index in [1.54, 1.807) is 27.7 Å². The van der Waals surface area contributed by atoms with E-state index in [-0.39, 0.29) is 13.2 Å². The molecule has 0 rings (SSSR count). The van der Waals surface area contributed by atoms with Crippen LogP contribution in [0.15, 0.2) is 0 Å². The highest BCUT2D eigenvalue weighted by molar-refractivity contribution is 5.76. The van der Waals surface area contributed by atoms with Crippen molar-refractivity contribution in [2.75, 3.05) is 20.3 Å². The molecule has 0 aliphatic heterocycles. The van der Waals surface area contributed by atoms with Crippen LogP contribution in [-0.2, 0) is 14.3 Å². The van der Waals surface area contributed by atoms with E-state index in [2.05, 4.69) is 5.32 Å². The Morgan fingerprint density at radius 2 is 1.83 bits per heavy atom. The van der Waals surface area contributed by atoms with Crippen molar-refractivity contribution in [3.63, 3.8) is 0 Å². The third-order valence-corrected chi connectivity index (χ3v) is 2.52. The van der Waals surface area contributed by atoms with Gasteiger partial charge in [0.1, 0.15) is 11.0 Å². The smallest absolute Gasteiger partial charge is 0.407 e. The lowest BCUT2D eigenvalue weighted by molar-refractivity contribution is -0.152. The molecular formula is C12H23NO5. The number of aliphatic carboxylic acids is 1. The zero-order valence-corrected chi connectivity index (χ0v) is 11.7. The van der Waals surface area contributed by atoms with Gasteiger partial charge in [-0.05, 0) is 27.2 Å². The fraction of sp³-hybridized carbons (Fsp3) is 0.833. The number of hydrogen-bond acceptors (Lipinski definition) is 4. The van der Waals surface area contributed by atoms with Crippen LogP contribution >= 0.6 is 0 Å². The van der Waals surface area contributed by atoms with Crippen LogP contribution in [0.3, 0.4) is 0 Å². The maximum Gasteiger partial charge on any atom is 0.407 e. The van der Waals surface area contributed by atoms with E-state index in [0.717, 1.165) is 0 Å². The molecule has 0 saturated carbocycles. The molecule has 0 aliphatic carbocycles. The van der Waals surface area contributed by atoms with Gasteiger partial charge in [0.15, 0.2) is 0 Å². The predicted octanol–water partition coefficient (Wildman–Crippen LogP) is 1.64. The van der Waals surface area contributed by atoms with Gasteiger partial charge in [0, 0.05) is 13.7 Å². The van der Waals surface area contributed by atoms with Crippen LogP contribution in [0.5, 0.6) is 0 Å². The number of nitrogens with one attached hydrogen (secondary N) is 1. The van der Waals surface area contributed by atoms with E-state index in [0.29, 0.717) is 6.42 Å². The van der Waals surface area contributed by atoms with Gasteiger partial charge in [-0.2, -0.15) is 0 Å². The number of carboxylic acid groups (broad SMARTS) is 1. The van der Waals surface area contributed by atoms with Crippen LogP contribution in [0.25, 0.3) is 0 Å². The fourth-order valence-electron chi connectivity index (χ4n) is 1.40. The third kappa shape index (κ3) is 5.35. The zero-order chi connectivity index (χ0) is 14.4. The minimum atomic E-state index is -1.12. The van der Waals surface area contributed by atoms with Crippen molar-refractivity contribution < 1.29 is 24.2 Å². The summed E-state index contributed by atoms with van der Waals surface area (Å²) in [6.45, 7) is 6.98. The van der Waals surface area contributed by atoms with E-state index < -0.39 is 23.1 Å². The molecule has 0 spiro atoms. The summed E-state index contributed by atoms with van der Waals surface area (Å²) in [5, 5.41) is 11.7. The number of hydrogen-bond donors (Lipinski definition) is 2. The molecule has 2 N–H and O–H groups in total. The van der Waals surface area contributed by atoms with Crippen molar-refractivity contribution in [3.05, 3.63) is 0 Å². The minimum absolute atomic E-state index is 0.0262. The Morgan fingerprint density at radius 1 is 1.28 bits per heavy atom. The maximum atomic E-state index is 11.5. The monoisotopic (exact) mass is 261 g/mol. The molecule has 1 amide bonds. The molecule has 106 valence electrons. The van der Waals surface area contributed by atoms with Crippen molar-refractivity contribution in [3.8, 4) is 0 Å². The lowest BCUT2D eigenvalue weighted by Gasteiger charge is -2.28. The fourth-order valence-corrected chi connectivity index (χ4v) is 1.40. The summed E-state index contributed by atoms with van der Waals surface area (Å²) in [6, 6.07) is 0. The Balaban J connectivity index is 4.53. The summed E-state index contributed by atoms with van der Waals surface area (Å²) in [7, 11) is 1.43. The maximum absolute atomic E-state index is 11.5. The molecule has 6 heteroatoms. The highest BCUT2D eigenvalue weighted by Crippen LogP contribution is 2.22. The van der Waals surface area contributed by atoms with E-state index >= 15 is 0 Å². The first-order valence-electron chi connectivity index (χ1n) is 5.86. The number of alkyl carbamates (subject to hydrolysis) is 1. The van der Waals surface area contributed by atoms with Crippen molar-refractivity contribution in [1.29, 1.82) is 0 Å². The predicted molar refractivity (Wildman–Crippen MR) is 66.5 cm³/mol. The molecule has 1 atom stereocenters. The standard InChI is InChI=1S/C12H23NO5/c1-6-12(8-17-5,9(14)15)7-13-10(16)18-11(2,3)4/h6-8H2,1-5H3,(H,13,16)(H,14,15). The topological polar surface area (TPSA) is 84.9 Å². The average molecular weight is 261 g/mol. The van der Waals surface area contributed by atoms with Crippen molar-refractivity contribution in [1.82, 2.24) is 5.32 Å². The number of carboxylic acids is 1. The Kier molecular flexibility index (Phi) is 6.11. The van der Waals surface area contributed by atoms with E-state index in [4.69, 9.17) is 9.47 Å². The summed E-state index contributed by atoms with van der Waals surface area (Å²) in [6.07, 6.45) is -0.274. The molecule has 0 heterocycles. The van der Waals surface area contributed by atoms with Crippen LogP contribution in [0.4, 0.5) is 4.79 Å². The number of ether oxygens (including phenoxy) is 2. The van der Waals surface area contributed by atoms with Crippen LogP contribution in [0.2, 0.25) is 0 Å².